The Morgan fingerprint density at radius 1 is 1.27 bits per heavy atom. The van der Waals surface area contributed by atoms with E-state index in [0.717, 1.165) is 10.1 Å². The second-order valence-corrected chi connectivity index (χ2v) is 8.77. The van der Waals surface area contributed by atoms with Crippen LogP contribution >= 0.6 is 46.6 Å². The molecule has 3 aromatic rings. The third-order valence-electron chi connectivity index (χ3n) is 5.60. The zero-order valence-corrected chi connectivity index (χ0v) is 19.7. The highest BCUT2D eigenvalue weighted by atomic mass is 127. The first-order valence-electron chi connectivity index (χ1n) is 9.11. The first-order valence-corrected chi connectivity index (χ1v) is 10.6. The van der Waals surface area contributed by atoms with Crippen LogP contribution in [0.15, 0.2) is 39.5 Å². The van der Waals surface area contributed by atoms with Gasteiger partial charge in [0.1, 0.15) is 28.2 Å². The first kappa shape index (κ1) is 23.1. The number of phenols is 2. The van der Waals surface area contributed by atoms with Crippen LogP contribution in [0.5, 0.6) is 11.5 Å². The fourth-order valence-electron chi connectivity index (χ4n) is 4.12. The fourth-order valence-corrected chi connectivity index (χ4v) is 4.84. The van der Waals surface area contributed by atoms with Crippen molar-refractivity contribution < 1.29 is 19.7 Å². The number of nitrogens with zero attached hydrogens (tertiary/aromatic N) is 1. The number of fused-ring (bicyclic) bond motifs is 1. The number of rotatable bonds is 3. The molecule has 2 heterocycles. The summed E-state index contributed by atoms with van der Waals surface area (Å²) in [7, 11) is 1.90. The Labute approximate surface area is 197 Å². The molecule has 0 bridgehead atoms. The van der Waals surface area contributed by atoms with Gasteiger partial charge in [0.2, 0.25) is 0 Å². The second kappa shape index (κ2) is 8.92. The Morgan fingerprint density at radius 3 is 2.70 bits per heavy atom. The number of halogens is 3. The summed E-state index contributed by atoms with van der Waals surface area (Å²) >= 11 is 8.51. The van der Waals surface area contributed by atoms with Gasteiger partial charge in [0.05, 0.1) is 11.6 Å². The zero-order chi connectivity index (χ0) is 20.9. The van der Waals surface area contributed by atoms with Crippen molar-refractivity contribution in [2.75, 3.05) is 20.2 Å². The lowest BCUT2D eigenvalue weighted by molar-refractivity contribution is 0.172. The lowest BCUT2D eigenvalue weighted by atomic mass is 9.89. The normalized spacial score (nSPS) is 19.2. The zero-order valence-electron chi connectivity index (χ0n) is 15.9. The van der Waals surface area contributed by atoms with E-state index in [2.05, 4.69) is 22.6 Å². The number of hydrogen-bond acceptors (Lipinski definition) is 6. The Kier molecular flexibility index (Phi) is 6.88. The van der Waals surface area contributed by atoms with Crippen LogP contribution in [0.1, 0.15) is 17.9 Å². The van der Waals surface area contributed by atoms with E-state index in [-0.39, 0.29) is 59.2 Å². The fraction of sp³-hybridized carbons (Fsp3) is 0.286. The minimum absolute atomic E-state index is 0. The Hall–Kier alpha value is -1.52. The van der Waals surface area contributed by atoms with Crippen molar-refractivity contribution in [3.63, 3.8) is 0 Å². The molecule has 1 aliphatic heterocycles. The maximum absolute atomic E-state index is 12.9. The summed E-state index contributed by atoms with van der Waals surface area (Å²) in [5, 5.41) is 31.3. The molecule has 1 aliphatic rings. The van der Waals surface area contributed by atoms with Crippen LogP contribution in [0.25, 0.3) is 22.3 Å². The largest absolute Gasteiger partial charge is 0.507 e. The minimum Gasteiger partial charge on any atom is -0.507 e. The van der Waals surface area contributed by atoms with Gasteiger partial charge in [-0.05, 0) is 54.7 Å². The molecule has 0 spiro atoms. The SMILES string of the molecule is CN1CCC(c2c(O)cc(O)c3c(=O)cc(-c4cccc(I)c4Cl)oc23)C1CO.Cl. The minimum atomic E-state index is -0.429. The molecule has 1 aromatic heterocycles. The number of aromatic hydroxyl groups is 2. The molecule has 2 unspecified atom stereocenters. The number of aliphatic hydroxyl groups is 1. The third-order valence-corrected chi connectivity index (χ3v) is 7.22. The van der Waals surface area contributed by atoms with Crippen LogP contribution in [0, 0.1) is 3.57 Å². The van der Waals surface area contributed by atoms with Gasteiger partial charge in [-0.2, -0.15) is 0 Å². The van der Waals surface area contributed by atoms with Crippen LogP contribution in [-0.4, -0.2) is 46.5 Å². The van der Waals surface area contributed by atoms with E-state index in [4.69, 9.17) is 16.0 Å². The van der Waals surface area contributed by atoms with Crippen LogP contribution in [0.4, 0.5) is 0 Å². The van der Waals surface area contributed by atoms with Crippen molar-refractivity contribution in [1.29, 1.82) is 0 Å². The molecule has 1 fully saturated rings. The van der Waals surface area contributed by atoms with Gasteiger partial charge in [0.15, 0.2) is 5.43 Å². The van der Waals surface area contributed by atoms with Gasteiger partial charge < -0.3 is 24.6 Å². The Bertz CT molecular complexity index is 1170. The first-order chi connectivity index (χ1) is 13.8. The number of likely N-dealkylation sites (N-methyl/N-ethyl adjacent to an activating group) is 1. The van der Waals surface area contributed by atoms with Gasteiger partial charge in [-0.3, -0.25) is 4.79 Å². The van der Waals surface area contributed by atoms with Crippen molar-refractivity contribution in [2.45, 2.75) is 18.4 Å². The summed E-state index contributed by atoms with van der Waals surface area (Å²) in [6.07, 6.45) is 0.674. The number of phenolic OH excluding ortho intramolecular Hbond substituents is 2. The average molecular weight is 564 g/mol. The van der Waals surface area contributed by atoms with E-state index in [1.54, 1.807) is 6.07 Å². The number of benzene rings is 2. The van der Waals surface area contributed by atoms with Crippen LogP contribution in [-0.2, 0) is 0 Å². The standard InChI is InChI=1S/C21H19ClINO5.ClH/c1-24-6-5-10(13(24)9-25)18-14(26)7-15(27)19-16(28)8-17(29-21(18)19)11-3-2-4-12(23)20(11)22;/h2-4,7-8,10,13,25-27H,5-6,9H2,1H3;1H. The maximum Gasteiger partial charge on any atom is 0.197 e. The molecule has 3 N–H and O–H groups in total. The molecule has 0 aliphatic carbocycles. The van der Waals surface area contributed by atoms with Crippen LogP contribution < -0.4 is 5.43 Å². The lowest BCUT2D eigenvalue weighted by Crippen LogP contribution is -2.32. The van der Waals surface area contributed by atoms with Crippen LogP contribution in [0.2, 0.25) is 5.02 Å². The predicted octanol–water partition coefficient (Wildman–Crippen LogP) is 4.33. The van der Waals surface area contributed by atoms with Gasteiger partial charge in [-0.25, -0.2) is 0 Å². The summed E-state index contributed by atoms with van der Waals surface area (Å²) in [6.45, 7) is 0.625. The Balaban J connectivity index is 0.00000256. The van der Waals surface area contributed by atoms with Gasteiger partial charge >= 0.3 is 0 Å². The summed E-state index contributed by atoms with van der Waals surface area (Å²) in [4.78, 5) is 14.9. The monoisotopic (exact) mass is 563 g/mol. The molecule has 0 saturated carbocycles. The molecule has 0 amide bonds. The van der Waals surface area contributed by atoms with E-state index in [1.165, 1.54) is 12.1 Å². The van der Waals surface area contributed by atoms with E-state index in [9.17, 15) is 20.1 Å². The lowest BCUT2D eigenvalue weighted by Gasteiger charge is -2.24. The van der Waals surface area contributed by atoms with E-state index < -0.39 is 5.43 Å². The molecule has 160 valence electrons. The number of aliphatic hydroxyl groups excluding tert-OH is 1. The number of likely N-dealkylation sites (tertiary alicyclic amines) is 1. The molecular weight excluding hydrogens is 544 g/mol. The van der Waals surface area contributed by atoms with Gasteiger partial charge in [-0.15, -0.1) is 12.4 Å². The van der Waals surface area contributed by atoms with E-state index in [0.29, 0.717) is 22.6 Å². The summed E-state index contributed by atoms with van der Waals surface area (Å²) in [5.74, 6) is -0.507. The van der Waals surface area contributed by atoms with Crippen LogP contribution in [0.3, 0.4) is 0 Å². The highest BCUT2D eigenvalue weighted by molar-refractivity contribution is 14.1. The van der Waals surface area contributed by atoms with Gasteiger partial charge in [0, 0.05) is 38.8 Å². The molecule has 1 saturated heterocycles. The Morgan fingerprint density at radius 2 is 2.00 bits per heavy atom. The average Bonchev–Trinajstić information content (AvgIpc) is 3.03. The molecule has 4 rings (SSSR count). The second-order valence-electron chi connectivity index (χ2n) is 7.23. The molecule has 30 heavy (non-hydrogen) atoms. The van der Waals surface area contributed by atoms with E-state index in [1.807, 2.05) is 24.1 Å². The maximum atomic E-state index is 12.9. The number of hydrogen-bond donors (Lipinski definition) is 3. The molecule has 0 radical (unpaired) electrons. The van der Waals surface area contributed by atoms with E-state index >= 15 is 0 Å². The van der Waals surface area contributed by atoms with Crippen molar-refractivity contribution >= 4 is 57.6 Å². The summed E-state index contributed by atoms with van der Waals surface area (Å²) in [5.41, 5.74) is 0.663. The molecular formula is C21H20Cl2INO5. The molecule has 2 aromatic carbocycles. The highest BCUT2D eigenvalue weighted by Gasteiger charge is 2.36. The quantitative estimate of drug-likeness (QED) is 0.411. The molecule has 2 atom stereocenters. The van der Waals surface area contributed by atoms with Crippen molar-refractivity contribution in [2.24, 2.45) is 0 Å². The topological polar surface area (TPSA) is 94.1 Å². The highest BCUT2D eigenvalue weighted by Crippen LogP contribution is 2.44. The molecule has 9 heteroatoms. The predicted molar refractivity (Wildman–Crippen MR) is 127 cm³/mol. The summed E-state index contributed by atoms with van der Waals surface area (Å²) < 4.78 is 6.90. The molecule has 6 nitrogen and oxygen atoms in total. The smallest absolute Gasteiger partial charge is 0.197 e. The summed E-state index contributed by atoms with van der Waals surface area (Å²) in [6, 6.07) is 7.63. The van der Waals surface area contributed by atoms with Crippen molar-refractivity contribution in [3.8, 4) is 22.8 Å². The van der Waals surface area contributed by atoms with Gasteiger partial charge in [-0.1, -0.05) is 17.7 Å². The van der Waals surface area contributed by atoms with Crippen molar-refractivity contribution in [1.82, 2.24) is 4.90 Å². The third kappa shape index (κ3) is 3.78. The van der Waals surface area contributed by atoms with Crippen molar-refractivity contribution in [3.05, 3.63) is 54.7 Å². The van der Waals surface area contributed by atoms with Gasteiger partial charge in [0.25, 0.3) is 0 Å².